The molecule has 102 valence electrons. The van der Waals surface area contributed by atoms with E-state index in [0.717, 1.165) is 0 Å². The Morgan fingerprint density at radius 1 is 0.947 bits per heavy atom. The van der Waals surface area contributed by atoms with Crippen LogP contribution in [0.4, 0.5) is 12.9 Å². The Balaban J connectivity index is 0.00000324. The average Bonchev–Trinajstić information content (AvgIpc) is 2.33. The Hall–Kier alpha value is -0.0887. The van der Waals surface area contributed by atoms with Gasteiger partial charge in [-0.3, -0.25) is 0 Å². The summed E-state index contributed by atoms with van der Waals surface area (Å²) in [4.78, 5) is 0. The first-order chi connectivity index (χ1) is 8.41. The Kier molecular flexibility index (Phi) is 8.22. The minimum atomic E-state index is -5.01. The van der Waals surface area contributed by atoms with Gasteiger partial charge in [-0.25, -0.2) is 0 Å². The van der Waals surface area contributed by atoms with Gasteiger partial charge in [-0.2, -0.15) is 0 Å². The topological polar surface area (TPSA) is 36.9 Å². The van der Waals surface area contributed by atoms with Gasteiger partial charge in [-0.05, 0) is 0 Å². The van der Waals surface area contributed by atoms with Gasteiger partial charge in [-0.1, -0.05) is 0 Å². The molecule has 0 fully saturated rings. The van der Waals surface area contributed by atoms with Crippen LogP contribution in [0, 0.1) is 0 Å². The van der Waals surface area contributed by atoms with Gasteiger partial charge in [-0.15, -0.1) is 0 Å². The van der Waals surface area contributed by atoms with E-state index >= 15 is 0 Å². The Labute approximate surface area is 152 Å². The molecule has 0 saturated carbocycles. The second-order valence-electron chi connectivity index (χ2n) is 3.38. The molecule has 0 aliphatic rings. The summed E-state index contributed by atoms with van der Waals surface area (Å²) in [6, 6.07) is 2.62. The summed E-state index contributed by atoms with van der Waals surface area (Å²) in [5, 5.41) is 0. The summed E-state index contributed by atoms with van der Waals surface area (Å²) in [5.74, 6) is 0.775. The molecule has 0 unspecified atom stereocenters. The molecule has 0 heterocycles. The number of halogens is 3. The molecule has 0 bridgehead atoms. The van der Waals surface area contributed by atoms with Crippen molar-refractivity contribution in [1.82, 2.24) is 0 Å². The van der Waals surface area contributed by atoms with Crippen molar-refractivity contribution in [1.29, 1.82) is 0 Å². The van der Waals surface area contributed by atoms with Crippen molar-refractivity contribution in [2.24, 2.45) is 0 Å². The average molecular weight is 304 g/mol. The minimum absolute atomic E-state index is 0. The molecule has 0 radical (unpaired) electrons. The Morgan fingerprint density at radius 3 is 1.74 bits per heavy atom. The van der Waals surface area contributed by atoms with Gasteiger partial charge < -0.3 is 31.9 Å². The number of hydrogen-bond acceptors (Lipinski definition) is 4. The smallest absolute Gasteiger partial charge is 0.521 e. The fourth-order valence-electron chi connectivity index (χ4n) is 1.33. The molecule has 0 saturated heterocycles. The third-order valence-electron chi connectivity index (χ3n) is 2.08. The standard InChI is InChI=1S/C10H13BF3O4.K/c1-15-8-4-7(18-6-11(12,13)14)5-9(16-2)10(8)17-3;/h4-5H,6H2,1-3H3;/q-1;+1. The van der Waals surface area contributed by atoms with Crippen LogP contribution >= 0.6 is 0 Å². The fourth-order valence-corrected chi connectivity index (χ4v) is 1.33. The maximum absolute atomic E-state index is 12.1. The predicted octanol–water partition coefficient (Wildman–Crippen LogP) is -0.518. The summed E-state index contributed by atoms with van der Waals surface area (Å²) in [6.07, 6.45) is 0. The summed E-state index contributed by atoms with van der Waals surface area (Å²) < 4.78 is 56.0. The molecule has 19 heavy (non-hydrogen) atoms. The molecule has 0 amide bonds. The summed E-state index contributed by atoms with van der Waals surface area (Å²) in [6.45, 7) is -6.33. The first-order valence-electron chi connectivity index (χ1n) is 5.05. The molecular weight excluding hydrogens is 291 g/mol. The molecule has 0 atom stereocenters. The van der Waals surface area contributed by atoms with Gasteiger partial charge in [0.05, 0.1) is 27.8 Å². The van der Waals surface area contributed by atoms with Crippen LogP contribution in [-0.4, -0.2) is 34.8 Å². The zero-order valence-electron chi connectivity index (χ0n) is 11.2. The molecule has 0 spiro atoms. The quantitative estimate of drug-likeness (QED) is 0.663. The second kappa shape index (κ2) is 8.25. The van der Waals surface area contributed by atoms with Crippen LogP contribution in [0.1, 0.15) is 0 Å². The minimum Gasteiger partial charge on any atom is -0.521 e. The molecular formula is C10H13BF3KO4. The monoisotopic (exact) mass is 304 g/mol. The van der Waals surface area contributed by atoms with Crippen molar-refractivity contribution in [2.75, 3.05) is 27.8 Å². The van der Waals surface area contributed by atoms with E-state index in [1.165, 1.54) is 33.5 Å². The molecule has 1 aromatic carbocycles. The molecule has 0 N–H and O–H groups in total. The first kappa shape index (κ1) is 18.9. The van der Waals surface area contributed by atoms with Gasteiger partial charge in [0.15, 0.2) is 11.5 Å². The third kappa shape index (κ3) is 5.82. The SMILES string of the molecule is COc1cc(OC[B-](F)(F)F)cc(OC)c1OC.[K+]. The zero-order valence-corrected chi connectivity index (χ0v) is 14.3. The van der Waals surface area contributed by atoms with Crippen molar-refractivity contribution < 1.29 is 83.3 Å². The van der Waals surface area contributed by atoms with Gasteiger partial charge in [0.1, 0.15) is 5.75 Å². The molecule has 9 heteroatoms. The van der Waals surface area contributed by atoms with Crippen LogP contribution < -0.4 is 70.3 Å². The number of hydrogen-bond donors (Lipinski definition) is 0. The van der Waals surface area contributed by atoms with Crippen LogP contribution in [0.25, 0.3) is 0 Å². The van der Waals surface area contributed by atoms with Crippen molar-refractivity contribution >= 4 is 6.98 Å². The summed E-state index contributed by atoms with van der Waals surface area (Å²) >= 11 is 0. The predicted molar refractivity (Wildman–Crippen MR) is 60.7 cm³/mol. The van der Waals surface area contributed by atoms with E-state index < -0.39 is 13.5 Å². The van der Waals surface area contributed by atoms with Crippen LogP contribution in [0.2, 0.25) is 0 Å². The summed E-state index contributed by atoms with van der Waals surface area (Å²) in [5.41, 5.74) is 0. The maximum Gasteiger partial charge on any atom is 1.00 e. The number of methoxy groups -OCH3 is 3. The fraction of sp³-hybridized carbons (Fsp3) is 0.400. The molecule has 1 aromatic rings. The first-order valence-corrected chi connectivity index (χ1v) is 5.05. The molecule has 0 aliphatic heterocycles. The van der Waals surface area contributed by atoms with Gasteiger partial charge in [0, 0.05) is 12.1 Å². The van der Waals surface area contributed by atoms with Gasteiger partial charge in [0.25, 0.3) is 0 Å². The van der Waals surface area contributed by atoms with Crippen LogP contribution in [-0.2, 0) is 0 Å². The van der Waals surface area contributed by atoms with Crippen molar-refractivity contribution in [2.45, 2.75) is 0 Å². The van der Waals surface area contributed by atoms with E-state index in [1.807, 2.05) is 0 Å². The third-order valence-corrected chi connectivity index (χ3v) is 2.08. The Morgan fingerprint density at radius 2 is 1.42 bits per heavy atom. The van der Waals surface area contributed by atoms with Crippen molar-refractivity contribution in [3.05, 3.63) is 12.1 Å². The van der Waals surface area contributed by atoms with E-state index in [4.69, 9.17) is 14.2 Å². The van der Waals surface area contributed by atoms with Crippen LogP contribution in [0.15, 0.2) is 12.1 Å². The molecule has 1 rings (SSSR count). The number of rotatable bonds is 6. The number of ether oxygens (including phenoxy) is 4. The molecule has 0 aromatic heterocycles. The number of benzene rings is 1. The van der Waals surface area contributed by atoms with Gasteiger partial charge >= 0.3 is 58.4 Å². The van der Waals surface area contributed by atoms with E-state index in [0.29, 0.717) is 5.75 Å². The summed E-state index contributed by atoms with van der Waals surface area (Å²) in [7, 11) is 4.14. The largest absolute Gasteiger partial charge is 1.00 e. The second-order valence-corrected chi connectivity index (χ2v) is 3.38. The van der Waals surface area contributed by atoms with Crippen LogP contribution in [0.3, 0.4) is 0 Å². The van der Waals surface area contributed by atoms with E-state index in [9.17, 15) is 12.9 Å². The zero-order chi connectivity index (χ0) is 13.8. The maximum atomic E-state index is 12.1. The molecule has 4 nitrogen and oxygen atoms in total. The van der Waals surface area contributed by atoms with E-state index in [-0.39, 0.29) is 68.6 Å². The van der Waals surface area contributed by atoms with Crippen molar-refractivity contribution in [3.8, 4) is 23.0 Å². The Bertz CT molecular complexity index is 389. The van der Waals surface area contributed by atoms with E-state index in [1.54, 1.807) is 0 Å². The normalized spacial score (nSPS) is 10.4. The van der Waals surface area contributed by atoms with Crippen LogP contribution in [0.5, 0.6) is 23.0 Å². The van der Waals surface area contributed by atoms with Crippen molar-refractivity contribution in [3.63, 3.8) is 0 Å². The van der Waals surface area contributed by atoms with E-state index in [2.05, 4.69) is 4.74 Å². The van der Waals surface area contributed by atoms with Gasteiger partial charge in [0.2, 0.25) is 5.75 Å². The molecule has 0 aliphatic carbocycles.